The van der Waals surface area contributed by atoms with Crippen molar-refractivity contribution in [3.05, 3.63) is 54.1 Å². The molecule has 0 spiro atoms. The molecular formula is C13H12N2O2. The second kappa shape index (κ2) is 5.12. The Bertz CT molecular complexity index is 530. The van der Waals surface area contributed by atoms with Crippen molar-refractivity contribution >= 4 is 17.8 Å². The van der Waals surface area contributed by atoms with Gasteiger partial charge in [0.2, 0.25) is 5.91 Å². The lowest BCUT2D eigenvalue weighted by atomic mass is 10.3. The Labute approximate surface area is 99.0 Å². The maximum Gasteiger partial charge on any atom is 0.249 e. The minimum atomic E-state index is -0.233. The highest BCUT2D eigenvalue weighted by atomic mass is 16.3. The van der Waals surface area contributed by atoms with Gasteiger partial charge in [-0.15, -0.1) is 0 Å². The van der Waals surface area contributed by atoms with Gasteiger partial charge in [-0.25, -0.2) is 4.98 Å². The molecule has 0 saturated heterocycles. The highest BCUT2D eigenvalue weighted by Gasteiger charge is 2.01. The topological polar surface area (TPSA) is 55.1 Å². The van der Waals surface area contributed by atoms with E-state index >= 15 is 0 Å². The third-order valence-electron chi connectivity index (χ3n) is 2.19. The van der Waals surface area contributed by atoms with Gasteiger partial charge in [-0.2, -0.15) is 0 Å². The highest BCUT2D eigenvalue weighted by molar-refractivity contribution is 6.01. The van der Waals surface area contributed by atoms with Crippen molar-refractivity contribution in [2.75, 3.05) is 5.32 Å². The average molecular weight is 228 g/mol. The Morgan fingerprint density at radius 2 is 2.29 bits per heavy atom. The maximum absolute atomic E-state index is 11.6. The first-order chi connectivity index (χ1) is 8.25. The van der Waals surface area contributed by atoms with Gasteiger partial charge in [-0.3, -0.25) is 4.79 Å². The summed E-state index contributed by atoms with van der Waals surface area (Å²) in [6, 6.07) is 7.25. The van der Waals surface area contributed by atoms with Crippen molar-refractivity contribution in [2.45, 2.75) is 6.92 Å². The molecule has 0 aliphatic carbocycles. The Kier molecular flexibility index (Phi) is 3.35. The third-order valence-corrected chi connectivity index (χ3v) is 2.19. The summed E-state index contributed by atoms with van der Waals surface area (Å²) in [5.74, 6) is 0.975. The minimum absolute atomic E-state index is 0.233. The van der Waals surface area contributed by atoms with Crippen LogP contribution in [0.15, 0.2) is 47.2 Å². The molecule has 0 aliphatic heterocycles. The molecule has 2 heterocycles. The fourth-order valence-electron chi connectivity index (χ4n) is 1.32. The summed E-state index contributed by atoms with van der Waals surface area (Å²) in [7, 11) is 0. The van der Waals surface area contributed by atoms with E-state index in [1.807, 2.05) is 19.1 Å². The average Bonchev–Trinajstić information content (AvgIpc) is 2.82. The van der Waals surface area contributed by atoms with E-state index in [2.05, 4.69) is 10.3 Å². The number of nitrogens with zero attached hydrogens (tertiary/aromatic N) is 1. The summed E-state index contributed by atoms with van der Waals surface area (Å²) < 4.78 is 5.08. The van der Waals surface area contributed by atoms with Crippen LogP contribution in [0.3, 0.4) is 0 Å². The molecule has 1 amide bonds. The first-order valence-electron chi connectivity index (χ1n) is 5.20. The van der Waals surface area contributed by atoms with Crippen molar-refractivity contribution in [3.8, 4) is 0 Å². The monoisotopic (exact) mass is 228 g/mol. The van der Waals surface area contributed by atoms with E-state index in [9.17, 15) is 4.79 Å². The lowest BCUT2D eigenvalue weighted by Crippen LogP contribution is -2.10. The summed E-state index contributed by atoms with van der Waals surface area (Å²) in [5, 5.41) is 2.69. The minimum Gasteiger partial charge on any atom is -0.465 e. The Morgan fingerprint density at radius 1 is 1.41 bits per heavy atom. The number of nitrogens with one attached hydrogen (secondary N) is 1. The normalized spacial score (nSPS) is 10.6. The van der Waals surface area contributed by atoms with Gasteiger partial charge in [-0.05, 0) is 36.8 Å². The van der Waals surface area contributed by atoms with E-state index in [1.54, 1.807) is 30.7 Å². The van der Waals surface area contributed by atoms with Crippen LogP contribution in [0.4, 0.5) is 5.82 Å². The van der Waals surface area contributed by atoms with Gasteiger partial charge >= 0.3 is 0 Å². The van der Waals surface area contributed by atoms with E-state index in [4.69, 9.17) is 4.42 Å². The van der Waals surface area contributed by atoms with Gasteiger partial charge in [-0.1, -0.05) is 6.07 Å². The zero-order chi connectivity index (χ0) is 12.1. The molecule has 0 atom stereocenters. The van der Waals surface area contributed by atoms with E-state index in [-0.39, 0.29) is 5.91 Å². The number of carbonyl (C=O) groups is 1. The van der Waals surface area contributed by atoms with Gasteiger partial charge < -0.3 is 9.73 Å². The second-order valence-corrected chi connectivity index (χ2v) is 3.51. The second-order valence-electron chi connectivity index (χ2n) is 3.51. The van der Waals surface area contributed by atoms with Crippen molar-refractivity contribution in [3.63, 3.8) is 0 Å². The number of furan rings is 1. The zero-order valence-corrected chi connectivity index (χ0v) is 9.38. The van der Waals surface area contributed by atoms with Crippen LogP contribution >= 0.6 is 0 Å². The molecule has 4 nitrogen and oxygen atoms in total. The van der Waals surface area contributed by atoms with Gasteiger partial charge in [0.25, 0.3) is 0 Å². The fourth-order valence-corrected chi connectivity index (χ4v) is 1.32. The molecule has 17 heavy (non-hydrogen) atoms. The molecule has 86 valence electrons. The summed E-state index contributed by atoms with van der Waals surface area (Å²) in [5.41, 5.74) is 0.923. The first-order valence-corrected chi connectivity index (χ1v) is 5.20. The number of hydrogen-bond acceptors (Lipinski definition) is 3. The lowest BCUT2D eigenvalue weighted by Gasteiger charge is -2.03. The summed E-state index contributed by atoms with van der Waals surface area (Å²) in [6.07, 6.45) is 6.21. The molecule has 0 bridgehead atoms. The molecule has 0 aromatic carbocycles. The number of pyridine rings is 1. The molecule has 1 N–H and O–H groups in total. The highest BCUT2D eigenvalue weighted by Crippen LogP contribution is 2.09. The predicted octanol–water partition coefficient (Wildman–Crippen LogP) is 2.63. The molecule has 2 aromatic rings. The summed E-state index contributed by atoms with van der Waals surface area (Å²) in [6.45, 7) is 1.89. The molecule has 0 unspecified atom stereocenters. The Hall–Kier alpha value is -2.36. The number of aromatic nitrogens is 1. The van der Waals surface area contributed by atoms with Crippen LogP contribution in [0, 0.1) is 6.92 Å². The number of anilines is 1. The van der Waals surface area contributed by atoms with Crippen LogP contribution in [-0.2, 0) is 4.79 Å². The molecule has 0 radical (unpaired) electrons. The fraction of sp³-hybridized carbons (Fsp3) is 0.0769. The largest absolute Gasteiger partial charge is 0.465 e. The molecule has 0 saturated carbocycles. The smallest absolute Gasteiger partial charge is 0.249 e. The standard InChI is InChI=1S/C13H12N2O2/c1-10-4-2-8-14-13(10)15-12(16)7-6-11-5-3-9-17-11/h2-9H,1H3,(H,14,15,16)/b7-6+. The zero-order valence-electron chi connectivity index (χ0n) is 9.38. The van der Waals surface area contributed by atoms with Crippen LogP contribution < -0.4 is 5.32 Å². The van der Waals surface area contributed by atoms with E-state index in [1.165, 1.54) is 6.08 Å². The number of aryl methyl sites for hydroxylation is 1. The van der Waals surface area contributed by atoms with Crippen LogP contribution in [0.25, 0.3) is 6.08 Å². The van der Waals surface area contributed by atoms with E-state index in [0.717, 1.165) is 5.56 Å². The van der Waals surface area contributed by atoms with Gasteiger partial charge in [0.05, 0.1) is 6.26 Å². The van der Waals surface area contributed by atoms with Crippen LogP contribution in [0.5, 0.6) is 0 Å². The Morgan fingerprint density at radius 3 is 3.00 bits per heavy atom. The predicted molar refractivity (Wildman–Crippen MR) is 65.3 cm³/mol. The van der Waals surface area contributed by atoms with Crippen LogP contribution in [-0.4, -0.2) is 10.9 Å². The van der Waals surface area contributed by atoms with Crippen molar-refractivity contribution < 1.29 is 9.21 Å². The van der Waals surface area contributed by atoms with Crippen LogP contribution in [0.1, 0.15) is 11.3 Å². The Balaban J connectivity index is 2.01. The van der Waals surface area contributed by atoms with Gasteiger partial charge in [0, 0.05) is 12.3 Å². The maximum atomic E-state index is 11.6. The molecular weight excluding hydrogens is 216 g/mol. The molecule has 2 aromatic heterocycles. The van der Waals surface area contributed by atoms with E-state index < -0.39 is 0 Å². The quantitative estimate of drug-likeness (QED) is 0.821. The molecule has 2 rings (SSSR count). The number of amides is 1. The number of hydrogen-bond donors (Lipinski definition) is 1. The van der Waals surface area contributed by atoms with Crippen LogP contribution in [0.2, 0.25) is 0 Å². The van der Waals surface area contributed by atoms with Gasteiger partial charge in [0.1, 0.15) is 11.6 Å². The number of carbonyl (C=O) groups excluding carboxylic acids is 1. The molecule has 0 fully saturated rings. The lowest BCUT2D eigenvalue weighted by molar-refractivity contribution is -0.111. The number of rotatable bonds is 3. The van der Waals surface area contributed by atoms with Crippen molar-refractivity contribution in [1.82, 2.24) is 4.98 Å². The molecule has 4 heteroatoms. The van der Waals surface area contributed by atoms with E-state index in [0.29, 0.717) is 11.6 Å². The third kappa shape index (κ3) is 3.04. The molecule has 0 aliphatic rings. The van der Waals surface area contributed by atoms with Crippen molar-refractivity contribution in [2.24, 2.45) is 0 Å². The van der Waals surface area contributed by atoms with Crippen molar-refractivity contribution in [1.29, 1.82) is 0 Å². The first kappa shape index (κ1) is 11.1. The summed E-state index contributed by atoms with van der Waals surface area (Å²) in [4.78, 5) is 15.7. The SMILES string of the molecule is Cc1cccnc1NC(=O)/C=C/c1ccco1. The van der Waals surface area contributed by atoms with Gasteiger partial charge in [0.15, 0.2) is 0 Å². The summed E-state index contributed by atoms with van der Waals surface area (Å²) >= 11 is 0.